The average Bonchev–Trinajstić information content (AvgIpc) is 2.29. The van der Waals surface area contributed by atoms with E-state index in [-0.39, 0.29) is 22.6 Å². The van der Waals surface area contributed by atoms with Crippen molar-refractivity contribution in [2.45, 2.75) is 13.8 Å². The number of benzene rings is 1. The van der Waals surface area contributed by atoms with Crippen LogP contribution in [0.3, 0.4) is 0 Å². The fraction of sp³-hybridized carbons (Fsp3) is 0.167. The summed E-state index contributed by atoms with van der Waals surface area (Å²) >= 11 is 0. The number of ether oxygens (including phenoxy) is 2. The normalized spacial score (nSPS) is 8.89. The zero-order chi connectivity index (χ0) is 13.7. The van der Waals surface area contributed by atoms with Gasteiger partial charge in [0.1, 0.15) is 12.1 Å². The summed E-state index contributed by atoms with van der Waals surface area (Å²) in [4.78, 5) is 21.8. The Hall–Kier alpha value is -2.86. The highest BCUT2D eigenvalue weighted by Crippen LogP contribution is 2.31. The van der Waals surface area contributed by atoms with Crippen LogP contribution in [0.4, 0.5) is 0 Å². The summed E-state index contributed by atoms with van der Waals surface area (Å²) in [5, 5.41) is 17.7. The second kappa shape index (κ2) is 5.46. The summed E-state index contributed by atoms with van der Waals surface area (Å²) in [6, 6.07) is 5.93. The van der Waals surface area contributed by atoms with Crippen LogP contribution in [0, 0.1) is 22.7 Å². The van der Waals surface area contributed by atoms with Crippen molar-refractivity contribution in [1.29, 1.82) is 10.5 Å². The summed E-state index contributed by atoms with van der Waals surface area (Å²) < 4.78 is 9.62. The van der Waals surface area contributed by atoms with E-state index in [0.717, 1.165) is 0 Å². The van der Waals surface area contributed by atoms with Crippen LogP contribution < -0.4 is 9.47 Å². The Morgan fingerprint density at radius 3 is 1.50 bits per heavy atom. The molecule has 0 heterocycles. The molecule has 0 spiro atoms. The standard InChI is InChI=1S/C12H8N2O4/c1-7(15)17-11-3-9(5-13)10(6-14)4-12(11)18-8(2)16/h3-4H,1-2H3. The van der Waals surface area contributed by atoms with Gasteiger partial charge in [0.05, 0.1) is 11.1 Å². The van der Waals surface area contributed by atoms with Gasteiger partial charge in [0, 0.05) is 26.0 Å². The molecule has 0 saturated heterocycles. The summed E-state index contributed by atoms with van der Waals surface area (Å²) in [6.45, 7) is 2.34. The molecule has 90 valence electrons. The Bertz CT molecular complexity index is 540. The molecule has 1 rings (SSSR count). The van der Waals surface area contributed by atoms with Crippen molar-refractivity contribution in [1.82, 2.24) is 0 Å². The monoisotopic (exact) mass is 244 g/mol. The first-order valence-electron chi connectivity index (χ1n) is 4.83. The molecule has 0 unspecified atom stereocenters. The molecule has 6 nitrogen and oxygen atoms in total. The fourth-order valence-electron chi connectivity index (χ4n) is 1.21. The van der Waals surface area contributed by atoms with E-state index in [2.05, 4.69) is 0 Å². The molecule has 6 heteroatoms. The zero-order valence-corrected chi connectivity index (χ0v) is 9.68. The maximum Gasteiger partial charge on any atom is 0.308 e. The van der Waals surface area contributed by atoms with E-state index in [1.54, 1.807) is 12.1 Å². The predicted molar refractivity (Wildman–Crippen MR) is 58.5 cm³/mol. The maximum atomic E-state index is 10.9. The molecule has 0 fully saturated rings. The van der Waals surface area contributed by atoms with Crippen LogP contribution in [0.25, 0.3) is 0 Å². The van der Waals surface area contributed by atoms with Crippen molar-refractivity contribution >= 4 is 11.9 Å². The summed E-state index contributed by atoms with van der Waals surface area (Å²) in [7, 11) is 0. The minimum absolute atomic E-state index is 0.0321. The highest BCUT2D eigenvalue weighted by atomic mass is 16.6. The van der Waals surface area contributed by atoms with Crippen LogP contribution in [0.5, 0.6) is 11.5 Å². The van der Waals surface area contributed by atoms with Crippen LogP contribution in [0.1, 0.15) is 25.0 Å². The first-order valence-corrected chi connectivity index (χ1v) is 4.83. The van der Waals surface area contributed by atoms with Crippen LogP contribution in [-0.2, 0) is 9.59 Å². The quantitative estimate of drug-likeness (QED) is 0.573. The second-order valence-electron chi connectivity index (χ2n) is 3.26. The molecule has 18 heavy (non-hydrogen) atoms. The van der Waals surface area contributed by atoms with Crippen molar-refractivity contribution in [3.63, 3.8) is 0 Å². The van der Waals surface area contributed by atoms with Crippen molar-refractivity contribution in [2.75, 3.05) is 0 Å². The molecule has 0 amide bonds. The number of esters is 2. The minimum Gasteiger partial charge on any atom is -0.423 e. The highest BCUT2D eigenvalue weighted by molar-refractivity contribution is 5.74. The van der Waals surface area contributed by atoms with E-state index in [1.165, 1.54) is 26.0 Å². The first-order chi connectivity index (χ1) is 8.47. The summed E-state index contributed by atoms with van der Waals surface area (Å²) in [5.74, 6) is -1.41. The van der Waals surface area contributed by atoms with E-state index in [0.29, 0.717) is 0 Å². The fourth-order valence-corrected chi connectivity index (χ4v) is 1.21. The van der Waals surface area contributed by atoms with Crippen LogP contribution in [0.2, 0.25) is 0 Å². The topological polar surface area (TPSA) is 100 Å². The van der Waals surface area contributed by atoms with Gasteiger partial charge in [-0.1, -0.05) is 0 Å². The van der Waals surface area contributed by atoms with Gasteiger partial charge in [-0.05, 0) is 0 Å². The Kier molecular flexibility index (Phi) is 4.01. The Morgan fingerprint density at radius 1 is 0.944 bits per heavy atom. The number of carbonyl (C=O) groups is 2. The average molecular weight is 244 g/mol. The van der Waals surface area contributed by atoms with Crippen LogP contribution in [-0.4, -0.2) is 11.9 Å². The van der Waals surface area contributed by atoms with E-state index in [4.69, 9.17) is 20.0 Å². The lowest BCUT2D eigenvalue weighted by atomic mass is 10.1. The molecule has 1 aromatic carbocycles. The zero-order valence-electron chi connectivity index (χ0n) is 9.68. The van der Waals surface area contributed by atoms with Crippen molar-refractivity contribution < 1.29 is 19.1 Å². The van der Waals surface area contributed by atoms with Gasteiger partial charge in [0.2, 0.25) is 0 Å². The Morgan fingerprint density at radius 2 is 1.28 bits per heavy atom. The Labute approximate surface area is 103 Å². The first kappa shape index (κ1) is 13.2. The molecule has 0 N–H and O–H groups in total. The number of hydrogen-bond acceptors (Lipinski definition) is 6. The predicted octanol–water partition coefficient (Wildman–Crippen LogP) is 1.28. The van der Waals surface area contributed by atoms with Gasteiger partial charge in [0.15, 0.2) is 11.5 Å². The minimum atomic E-state index is -0.628. The smallest absolute Gasteiger partial charge is 0.308 e. The molecular formula is C12H8N2O4. The lowest BCUT2D eigenvalue weighted by molar-refractivity contribution is -0.134. The van der Waals surface area contributed by atoms with Gasteiger partial charge in [-0.2, -0.15) is 10.5 Å². The molecule has 0 aromatic heterocycles. The van der Waals surface area contributed by atoms with E-state index < -0.39 is 11.9 Å². The lowest BCUT2D eigenvalue weighted by Crippen LogP contribution is -2.08. The molecular weight excluding hydrogens is 236 g/mol. The van der Waals surface area contributed by atoms with E-state index >= 15 is 0 Å². The lowest BCUT2D eigenvalue weighted by Gasteiger charge is -2.09. The number of nitrogens with zero attached hydrogens (tertiary/aromatic N) is 2. The number of carbonyl (C=O) groups excluding carboxylic acids is 2. The van der Waals surface area contributed by atoms with Crippen molar-refractivity contribution in [3.05, 3.63) is 23.3 Å². The summed E-state index contributed by atoms with van der Waals surface area (Å²) in [5.41, 5.74) is 0.0642. The molecule has 0 aliphatic heterocycles. The Balaban J connectivity index is 3.37. The molecule has 0 aliphatic carbocycles. The number of rotatable bonds is 2. The maximum absolute atomic E-state index is 10.9. The molecule has 0 saturated carbocycles. The number of nitriles is 2. The highest BCUT2D eigenvalue weighted by Gasteiger charge is 2.15. The van der Waals surface area contributed by atoms with Gasteiger partial charge < -0.3 is 9.47 Å². The number of hydrogen-bond donors (Lipinski definition) is 0. The third-order valence-corrected chi connectivity index (χ3v) is 1.83. The van der Waals surface area contributed by atoms with E-state index in [1.807, 2.05) is 0 Å². The molecule has 0 bridgehead atoms. The molecule has 0 aliphatic rings. The van der Waals surface area contributed by atoms with Crippen molar-refractivity contribution in [2.24, 2.45) is 0 Å². The van der Waals surface area contributed by atoms with Gasteiger partial charge in [0.25, 0.3) is 0 Å². The van der Waals surface area contributed by atoms with Crippen molar-refractivity contribution in [3.8, 4) is 23.6 Å². The third-order valence-electron chi connectivity index (χ3n) is 1.83. The summed E-state index contributed by atoms with van der Waals surface area (Å²) in [6.07, 6.45) is 0. The van der Waals surface area contributed by atoms with Crippen LogP contribution >= 0.6 is 0 Å². The van der Waals surface area contributed by atoms with Gasteiger partial charge in [-0.25, -0.2) is 0 Å². The van der Waals surface area contributed by atoms with Gasteiger partial charge in [-0.15, -0.1) is 0 Å². The molecule has 0 radical (unpaired) electrons. The van der Waals surface area contributed by atoms with Gasteiger partial charge in [-0.3, -0.25) is 9.59 Å². The van der Waals surface area contributed by atoms with Gasteiger partial charge >= 0.3 is 11.9 Å². The van der Waals surface area contributed by atoms with E-state index in [9.17, 15) is 9.59 Å². The van der Waals surface area contributed by atoms with Crippen LogP contribution in [0.15, 0.2) is 12.1 Å². The largest absolute Gasteiger partial charge is 0.423 e. The molecule has 0 atom stereocenters. The molecule has 1 aromatic rings. The SMILES string of the molecule is CC(=O)Oc1cc(C#N)c(C#N)cc1OC(C)=O. The third kappa shape index (κ3) is 3.06. The second-order valence-corrected chi connectivity index (χ2v) is 3.26.